The number of nitrogens with two attached hydrogens (primary N) is 1. The van der Waals surface area contributed by atoms with E-state index in [-0.39, 0.29) is 12.5 Å². The van der Waals surface area contributed by atoms with Crippen molar-refractivity contribution in [3.8, 4) is 5.75 Å². The average molecular weight is 341 g/mol. The molecule has 25 heavy (non-hydrogen) atoms. The van der Waals surface area contributed by atoms with Crippen LogP contribution in [0.15, 0.2) is 36.4 Å². The number of anilines is 2. The van der Waals surface area contributed by atoms with Crippen LogP contribution in [-0.2, 0) is 16.1 Å². The van der Waals surface area contributed by atoms with Crippen molar-refractivity contribution < 1.29 is 19.1 Å². The van der Waals surface area contributed by atoms with E-state index in [1.54, 1.807) is 35.2 Å². The van der Waals surface area contributed by atoms with Crippen molar-refractivity contribution in [2.75, 3.05) is 17.7 Å². The number of pyridine rings is 1. The SMILES string of the molecule is CCC1Oc2ccc(N)nc2N(Cc2cccc(C(=O)OC)c2)C1=O. The Morgan fingerprint density at radius 1 is 1.36 bits per heavy atom. The second-order valence-corrected chi connectivity index (χ2v) is 5.69. The Kier molecular flexibility index (Phi) is 4.56. The van der Waals surface area contributed by atoms with Gasteiger partial charge in [0.05, 0.1) is 19.2 Å². The van der Waals surface area contributed by atoms with Crippen LogP contribution in [0.2, 0.25) is 0 Å². The number of carbonyl (C=O) groups is 2. The molecule has 7 heteroatoms. The Morgan fingerprint density at radius 3 is 2.88 bits per heavy atom. The first-order chi connectivity index (χ1) is 12.0. The molecule has 1 amide bonds. The first-order valence-corrected chi connectivity index (χ1v) is 7.95. The van der Waals surface area contributed by atoms with Gasteiger partial charge in [0.2, 0.25) is 0 Å². The van der Waals surface area contributed by atoms with Gasteiger partial charge in [-0.15, -0.1) is 0 Å². The van der Waals surface area contributed by atoms with Gasteiger partial charge in [0.25, 0.3) is 5.91 Å². The minimum Gasteiger partial charge on any atom is -0.477 e. The summed E-state index contributed by atoms with van der Waals surface area (Å²) in [6.45, 7) is 2.14. The number of aromatic nitrogens is 1. The number of rotatable bonds is 4. The highest BCUT2D eigenvalue weighted by molar-refractivity contribution is 5.99. The molecule has 0 radical (unpaired) electrons. The summed E-state index contributed by atoms with van der Waals surface area (Å²) in [6, 6.07) is 10.3. The van der Waals surface area contributed by atoms with Gasteiger partial charge in [0.1, 0.15) is 5.82 Å². The number of esters is 1. The highest BCUT2D eigenvalue weighted by atomic mass is 16.5. The number of benzene rings is 1. The summed E-state index contributed by atoms with van der Waals surface area (Å²) in [5.41, 5.74) is 6.97. The van der Waals surface area contributed by atoms with Crippen LogP contribution in [0.4, 0.5) is 11.6 Å². The molecule has 1 unspecified atom stereocenters. The number of nitrogen functional groups attached to an aromatic ring is 1. The van der Waals surface area contributed by atoms with Crippen LogP contribution in [0.1, 0.15) is 29.3 Å². The van der Waals surface area contributed by atoms with E-state index in [1.807, 2.05) is 13.0 Å². The van der Waals surface area contributed by atoms with E-state index in [0.717, 1.165) is 5.56 Å². The van der Waals surface area contributed by atoms with Crippen molar-refractivity contribution in [1.29, 1.82) is 0 Å². The van der Waals surface area contributed by atoms with E-state index in [1.165, 1.54) is 7.11 Å². The molecule has 1 aliphatic heterocycles. The zero-order chi connectivity index (χ0) is 18.0. The Hall–Kier alpha value is -3.09. The molecular weight excluding hydrogens is 322 g/mol. The topological polar surface area (TPSA) is 94.8 Å². The van der Waals surface area contributed by atoms with Crippen molar-refractivity contribution in [3.63, 3.8) is 0 Å². The predicted octanol–water partition coefficient (Wildman–Crippen LogP) is 2.15. The fourth-order valence-electron chi connectivity index (χ4n) is 2.73. The van der Waals surface area contributed by atoms with Crippen LogP contribution in [0.3, 0.4) is 0 Å². The molecule has 0 bridgehead atoms. The standard InChI is InChI=1S/C18H19N3O4/c1-3-13-17(22)21(16-14(25-13)7-8-15(19)20-16)10-11-5-4-6-12(9-11)18(23)24-2/h4-9,13H,3,10H2,1-2H3,(H2,19,20). The summed E-state index contributed by atoms with van der Waals surface area (Å²) in [4.78, 5) is 30.2. The lowest BCUT2D eigenvalue weighted by atomic mass is 10.1. The van der Waals surface area contributed by atoms with E-state index in [4.69, 9.17) is 15.2 Å². The van der Waals surface area contributed by atoms with Crippen molar-refractivity contribution in [2.45, 2.75) is 26.0 Å². The lowest BCUT2D eigenvalue weighted by molar-refractivity contribution is -0.126. The van der Waals surface area contributed by atoms with Crippen molar-refractivity contribution >= 4 is 23.5 Å². The normalized spacial score (nSPS) is 16.2. The number of ether oxygens (including phenoxy) is 2. The Balaban J connectivity index is 1.97. The smallest absolute Gasteiger partial charge is 0.337 e. The summed E-state index contributed by atoms with van der Waals surface area (Å²) < 4.78 is 10.5. The third-order valence-corrected chi connectivity index (χ3v) is 3.99. The fraction of sp³-hybridized carbons (Fsp3) is 0.278. The number of carbonyl (C=O) groups excluding carboxylic acids is 2. The first-order valence-electron chi connectivity index (χ1n) is 7.95. The minimum absolute atomic E-state index is 0.184. The molecule has 1 aliphatic rings. The number of hydrogen-bond acceptors (Lipinski definition) is 6. The van der Waals surface area contributed by atoms with E-state index < -0.39 is 12.1 Å². The second-order valence-electron chi connectivity index (χ2n) is 5.69. The molecule has 2 heterocycles. The monoisotopic (exact) mass is 341 g/mol. The Bertz CT molecular complexity index is 822. The molecule has 1 atom stereocenters. The quantitative estimate of drug-likeness (QED) is 0.856. The molecule has 0 saturated carbocycles. The molecule has 0 fully saturated rings. The highest BCUT2D eigenvalue weighted by Gasteiger charge is 2.34. The maximum atomic E-state index is 12.7. The molecule has 3 rings (SSSR count). The van der Waals surface area contributed by atoms with Crippen LogP contribution >= 0.6 is 0 Å². The summed E-state index contributed by atoms with van der Waals surface area (Å²) in [6.07, 6.45) is -0.0249. The third kappa shape index (κ3) is 3.26. The molecule has 2 N–H and O–H groups in total. The lowest BCUT2D eigenvalue weighted by Crippen LogP contribution is -2.45. The van der Waals surface area contributed by atoms with E-state index in [9.17, 15) is 9.59 Å². The lowest BCUT2D eigenvalue weighted by Gasteiger charge is -2.33. The molecule has 7 nitrogen and oxygen atoms in total. The molecule has 130 valence electrons. The molecule has 1 aromatic heterocycles. The van der Waals surface area contributed by atoms with Crippen LogP contribution in [0.25, 0.3) is 0 Å². The van der Waals surface area contributed by atoms with Crippen LogP contribution in [0.5, 0.6) is 5.75 Å². The van der Waals surface area contributed by atoms with Crippen LogP contribution in [0, 0.1) is 0 Å². The van der Waals surface area contributed by atoms with Crippen LogP contribution in [-0.4, -0.2) is 30.1 Å². The number of amides is 1. The van der Waals surface area contributed by atoms with Gasteiger partial charge in [-0.3, -0.25) is 9.69 Å². The second kappa shape index (κ2) is 6.80. The first kappa shape index (κ1) is 16.8. The summed E-state index contributed by atoms with van der Waals surface area (Å²) in [5.74, 6) is 0.599. The van der Waals surface area contributed by atoms with Gasteiger partial charge < -0.3 is 15.2 Å². The van der Waals surface area contributed by atoms with Crippen molar-refractivity contribution in [1.82, 2.24) is 4.98 Å². The average Bonchev–Trinajstić information content (AvgIpc) is 2.63. The largest absolute Gasteiger partial charge is 0.477 e. The van der Waals surface area contributed by atoms with Gasteiger partial charge in [-0.2, -0.15) is 0 Å². The van der Waals surface area contributed by atoms with E-state index in [0.29, 0.717) is 29.4 Å². The van der Waals surface area contributed by atoms with Gasteiger partial charge in [0, 0.05) is 0 Å². The van der Waals surface area contributed by atoms with Gasteiger partial charge in [-0.1, -0.05) is 19.1 Å². The Morgan fingerprint density at radius 2 is 2.16 bits per heavy atom. The summed E-state index contributed by atoms with van der Waals surface area (Å²) in [7, 11) is 1.33. The highest BCUT2D eigenvalue weighted by Crippen LogP contribution is 2.34. The molecule has 2 aromatic rings. The summed E-state index contributed by atoms with van der Waals surface area (Å²) >= 11 is 0. The zero-order valence-electron chi connectivity index (χ0n) is 14.1. The number of nitrogens with zero attached hydrogens (tertiary/aromatic N) is 2. The molecular formula is C18H19N3O4. The van der Waals surface area contributed by atoms with Gasteiger partial charge in [-0.05, 0) is 36.2 Å². The zero-order valence-corrected chi connectivity index (χ0v) is 14.1. The van der Waals surface area contributed by atoms with E-state index >= 15 is 0 Å². The minimum atomic E-state index is -0.568. The van der Waals surface area contributed by atoms with Crippen LogP contribution < -0.4 is 15.4 Å². The van der Waals surface area contributed by atoms with Crippen molar-refractivity contribution in [3.05, 3.63) is 47.5 Å². The van der Waals surface area contributed by atoms with E-state index in [2.05, 4.69) is 4.98 Å². The molecule has 1 aromatic carbocycles. The van der Waals surface area contributed by atoms with Gasteiger partial charge in [-0.25, -0.2) is 9.78 Å². The number of methoxy groups -OCH3 is 1. The third-order valence-electron chi connectivity index (χ3n) is 3.99. The number of fused-ring (bicyclic) bond motifs is 1. The van der Waals surface area contributed by atoms with Gasteiger partial charge >= 0.3 is 5.97 Å². The fourth-order valence-corrected chi connectivity index (χ4v) is 2.73. The maximum Gasteiger partial charge on any atom is 0.337 e. The molecule has 0 saturated heterocycles. The maximum absolute atomic E-state index is 12.7. The summed E-state index contributed by atoms with van der Waals surface area (Å²) in [5, 5.41) is 0. The Labute approximate surface area is 145 Å². The molecule has 0 aliphatic carbocycles. The van der Waals surface area contributed by atoms with Gasteiger partial charge in [0.15, 0.2) is 17.7 Å². The van der Waals surface area contributed by atoms with Crippen molar-refractivity contribution in [2.24, 2.45) is 0 Å². The predicted molar refractivity (Wildman–Crippen MR) is 92.3 cm³/mol. The molecule has 0 spiro atoms. The number of hydrogen-bond donors (Lipinski definition) is 1.